The lowest BCUT2D eigenvalue weighted by atomic mass is 10.4. The third kappa shape index (κ3) is 4.78. The maximum atomic E-state index is 11.7. The SMILES string of the molecule is FC(F)CCCSc1ncc(Cl)s1. The van der Waals surface area contributed by atoms with Gasteiger partial charge in [0.15, 0.2) is 4.34 Å². The number of rotatable bonds is 5. The normalized spacial score (nSPS) is 11.1. The summed E-state index contributed by atoms with van der Waals surface area (Å²) in [6, 6.07) is 0. The first kappa shape index (κ1) is 11.2. The molecule has 0 amide bonds. The Morgan fingerprint density at radius 2 is 2.38 bits per heavy atom. The van der Waals surface area contributed by atoms with Crippen LogP contribution in [0.2, 0.25) is 4.34 Å². The largest absolute Gasteiger partial charge is 0.238 e. The van der Waals surface area contributed by atoms with Gasteiger partial charge in [-0.1, -0.05) is 34.7 Å². The van der Waals surface area contributed by atoms with Gasteiger partial charge in [-0.3, -0.25) is 0 Å². The van der Waals surface area contributed by atoms with E-state index in [2.05, 4.69) is 4.98 Å². The molecular formula is C7H8ClF2NS2. The maximum Gasteiger partial charge on any atom is 0.238 e. The average molecular weight is 244 g/mol. The zero-order valence-electron chi connectivity index (χ0n) is 6.67. The molecule has 74 valence electrons. The van der Waals surface area contributed by atoms with Gasteiger partial charge >= 0.3 is 0 Å². The maximum absolute atomic E-state index is 11.7. The Bertz CT molecular complexity index is 254. The van der Waals surface area contributed by atoms with Crippen molar-refractivity contribution in [2.45, 2.75) is 23.6 Å². The Hall–Kier alpha value is 0.130. The molecule has 0 saturated heterocycles. The summed E-state index contributed by atoms with van der Waals surface area (Å²) in [4.78, 5) is 3.99. The monoisotopic (exact) mass is 243 g/mol. The third-order valence-electron chi connectivity index (χ3n) is 1.25. The van der Waals surface area contributed by atoms with Gasteiger partial charge in [-0.15, -0.1) is 0 Å². The lowest BCUT2D eigenvalue weighted by Crippen LogP contribution is -1.90. The molecule has 0 aliphatic heterocycles. The van der Waals surface area contributed by atoms with Gasteiger partial charge in [-0.05, 0) is 6.42 Å². The van der Waals surface area contributed by atoms with Crippen LogP contribution in [-0.2, 0) is 0 Å². The fraction of sp³-hybridized carbons (Fsp3) is 0.571. The number of thioether (sulfide) groups is 1. The second-order valence-electron chi connectivity index (χ2n) is 2.31. The minimum atomic E-state index is -2.19. The van der Waals surface area contributed by atoms with Crippen LogP contribution in [0.3, 0.4) is 0 Å². The Labute approximate surface area is 88.5 Å². The molecule has 0 bridgehead atoms. The number of thiazole rings is 1. The fourth-order valence-corrected chi connectivity index (χ4v) is 2.85. The average Bonchev–Trinajstić information content (AvgIpc) is 2.45. The molecule has 1 nitrogen and oxygen atoms in total. The van der Waals surface area contributed by atoms with E-state index >= 15 is 0 Å². The fourth-order valence-electron chi connectivity index (χ4n) is 0.703. The highest BCUT2D eigenvalue weighted by molar-refractivity contribution is 8.01. The zero-order valence-corrected chi connectivity index (χ0v) is 9.06. The van der Waals surface area contributed by atoms with E-state index in [0.29, 0.717) is 16.5 Å². The molecule has 0 saturated carbocycles. The van der Waals surface area contributed by atoms with Crippen LogP contribution in [0.15, 0.2) is 10.5 Å². The Morgan fingerprint density at radius 3 is 2.92 bits per heavy atom. The van der Waals surface area contributed by atoms with Crippen molar-refractivity contribution >= 4 is 34.7 Å². The van der Waals surface area contributed by atoms with E-state index in [9.17, 15) is 8.78 Å². The van der Waals surface area contributed by atoms with E-state index in [-0.39, 0.29) is 6.42 Å². The molecular weight excluding hydrogens is 236 g/mol. The van der Waals surface area contributed by atoms with E-state index in [1.54, 1.807) is 6.20 Å². The van der Waals surface area contributed by atoms with Gasteiger partial charge in [0.05, 0.1) is 6.20 Å². The van der Waals surface area contributed by atoms with Gasteiger partial charge in [-0.25, -0.2) is 13.8 Å². The number of hydrogen-bond acceptors (Lipinski definition) is 3. The Balaban J connectivity index is 2.13. The van der Waals surface area contributed by atoms with Gasteiger partial charge in [0.1, 0.15) is 4.34 Å². The van der Waals surface area contributed by atoms with Crippen LogP contribution < -0.4 is 0 Å². The number of aromatic nitrogens is 1. The lowest BCUT2D eigenvalue weighted by molar-refractivity contribution is 0.137. The third-order valence-corrected chi connectivity index (χ3v) is 3.61. The number of halogens is 3. The summed E-state index contributed by atoms with van der Waals surface area (Å²) in [5, 5.41) is 0. The van der Waals surface area contributed by atoms with Crippen LogP contribution >= 0.6 is 34.7 Å². The van der Waals surface area contributed by atoms with E-state index in [1.807, 2.05) is 0 Å². The summed E-state index contributed by atoms with van der Waals surface area (Å²) in [5.41, 5.74) is 0. The first-order valence-corrected chi connectivity index (χ1v) is 5.89. The highest BCUT2D eigenvalue weighted by atomic mass is 35.5. The summed E-state index contributed by atoms with van der Waals surface area (Å²) in [7, 11) is 0. The van der Waals surface area contributed by atoms with Crippen LogP contribution in [-0.4, -0.2) is 17.2 Å². The van der Waals surface area contributed by atoms with Gasteiger partial charge in [0.25, 0.3) is 0 Å². The second kappa shape index (κ2) is 5.78. The standard InChI is InChI=1S/C7H8ClF2NS2/c8-5-4-11-7(13-5)12-3-1-2-6(9)10/h4,6H,1-3H2. The van der Waals surface area contributed by atoms with Gasteiger partial charge in [0.2, 0.25) is 6.43 Å². The lowest BCUT2D eigenvalue weighted by Gasteiger charge is -1.97. The summed E-state index contributed by atoms with van der Waals surface area (Å²) in [6.45, 7) is 0. The quantitative estimate of drug-likeness (QED) is 0.574. The van der Waals surface area contributed by atoms with E-state index < -0.39 is 6.43 Å². The Morgan fingerprint density at radius 1 is 1.62 bits per heavy atom. The predicted molar refractivity (Wildman–Crippen MR) is 53.1 cm³/mol. The highest BCUT2D eigenvalue weighted by Crippen LogP contribution is 2.27. The van der Waals surface area contributed by atoms with Crippen molar-refractivity contribution in [2.24, 2.45) is 0 Å². The molecule has 0 unspecified atom stereocenters. The molecule has 0 radical (unpaired) electrons. The van der Waals surface area contributed by atoms with Gasteiger partial charge in [0, 0.05) is 12.2 Å². The van der Waals surface area contributed by atoms with Crippen molar-refractivity contribution in [3.05, 3.63) is 10.5 Å². The molecule has 0 N–H and O–H groups in total. The van der Waals surface area contributed by atoms with E-state index in [4.69, 9.17) is 11.6 Å². The van der Waals surface area contributed by atoms with Crippen molar-refractivity contribution in [1.82, 2.24) is 4.98 Å². The number of hydrogen-bond donors (Lipinski definition) is 0. The molecule has 0 aliphatic carbocycles. The predicted octanol–water partition coefficient (Wildman–Crippen LogP) is 3.93. The highest BCUT2D eigenvalue weighted by Gasteiger charge is 2.03. The van der Waals surface area contributed by atoms with Crippen molar-refractivity contribution in [2.75, 3.05) is 5.75 Å². The van der Waals surface area contributed by atoms with Crippen LogP contribution in [0.1, 0.15) is 12.8 Å². The summed E-state index contributed by atoms with van der Waals surface area (Å²) < 4.78 is 24.9. The zero-order chi connectivity index (χ0) is 9.68. The van der Waals surface area contributed by atoms with Gasteiger partial charge in [-0.2, -0.15) is 0 Å². The first-order valence-electron chi connectivity index (χ1n) is 3.71. The molecule has 0 atom stereocenters. The summed E-state index contributed by atoms with van der Waals surface area (Å²) in [6.07, 6.45) is -0.145. The molecule has 0 fully saturated rings. The molecule has 0 aromatic carbocycles. The summed E-state index contributed by atoms with van der Waals surface area (Å²) >= 11 is 8.50. The molecule has 0 aliphatic rings. The van der Waals surface area contributed by atoms with Crippen LogP contribution in [0.25, 0.3) is 0 Å². The van der Waals surface area contributed by atoms with Crippen molar-refractivity contribution in [1.29, 1.82) is 0 Å². The van der Waals surface area contributed by atoms with Crippen molar-refractivity contribution in [3.63, 3.8) is 0 Å². The van der Waals surface area contributed by atoms with Crippen LogP contribution in [0.4, 0.5) is 8.78 Å². The summed E-state index contributed by atoms with van der Waals surface area (Å²) in [5.74, 6) is 0.675. The molecule has 13 heavy (non-hydrogen) atoms. The topological polar surface area (TPSA) is 12.9 Å². The molecule has 1 aromatic rings. The number of alkyl halides is 2. The van der Waals surface area contributed by atoms with Crippen molar-refractivity contribution in [3.8, 4) is 0 Å². The Kier molecular flexibility index (Phi) is 4.98. The van der Waals surface area contributed by atoms with Crippen LogP contribution in [0.5, 0.6) is 0 Å². The molecule has 1 heterocycles. The van der Waals surface area contributed by atoms with Crippen molar-refractivity contribution < 1.29 is 8.78 Å². The van der Waals surface area contributed by atoms with E-state index in [1.165, 1.54) is 23.1 Å². The molecule has 6 heteroatoms. The molecule has 0 spiro atoms. The second-order valence-corrected chi connectivity index (χ2v) is 5.32. The van der Waals surface area contributed by atoms with Crippen LogP contribution in [0, 0.1) is 0 Å². The number of nitrogens with zero attached hydrogens (tertiary/aromatic N) is 1. The minimum absolute atomic E-state index is 0.0356. The van der Waals surface area contributed by atoms with E-state index in [0.717, 1.165) is 4.34 Å². The molecule has 1 rings (SSSR count). The molecule has 1 aromatic heterocycles. The smallest absolute Gasteiger partial charge is 0.237 e. The first-order chi connectivity index (χ1) is 6.18. The minimum Gasteiger partial charge on any atom is -0.237 e. The van der Waals surface area contributed by atoms with Gasteiger partial charge < -0.3 is 0 Å².